The van der Waals surface area contributed by atoms with Crippen molar-refractivity contribution in [1.82, 2.24) is 9.88 Å². The van der Waals surface area contributed by atoms with Crippen molar-refractivity contribution in [3.05, 3.63) is 35.0 Å². The minimum atomic E-state index is 0.0942. The maximum absolute atomic E-state index is 12.4. The highest BCUT2D eigenvalue weighted by Crippen LogP contribution is 2.35. The third kappa shape index (κ3) is 3.00. The van der Waals surface area contributed by atoms with Gasteiger partial charge in [0.25, 0.3) is 0 Å². The normalized spacial score (nSPS) is 17.3. The Hall–Kier alpha value is -1.81. The van der Waals surface area contributed by atoms with Crippen molar-refractivity contribution in [3.63, 3.8) is 0 Å². The SMILES string of the molecule is CCn1c2c(c3cc(C)ccc31)CC(C(=O)NCCCN)CC2. The topological polar surface area (TPSA) is 60.0 Å². The molecule has 1 aromatic heterocycles. The number of hydrogen-bond donors (Lipinski definition) is 2. The highest BCUT2D eigenvalue weighted by atomic mass is 16.1. The van der Waals surface area contributed by atoms with Crippen molar-refractivity contribution < 1.29 is 4.79 Å². The molecule has 0 fully saturated rings. The monoisotopic (exact) mass is 313 g/mol. The lowest BCUT2D eigenvalue weighted by Crippen LogP contribution is -2.35. The van der Waals surface area contributed by atoms with Crippen molar-refractivity contribution in [2.24, 2.45) is 11.7 Å². The molecule has 0 bridgehead atoms. The molecule has 0 aliphatic heterocycles. The lowest BCUT2D eigenvalue weighted by Gasteiger charge is -2.23. The molecule has 1 heterocycles. The van der Waals surface area contributed by atoms with Crippen LogP contribution < -0.4 is 11.1 Å². The average molecular weight is 313 g/mol. The third-order valence-corrected chi connectivity index (χ3v) is 4.99. The minimum Gasteiger partial charge on any atom is -0.356 e. The molecule has 1 amide bonds. The largest absolute Gasteiger partial charge is 0.356 e. The molecule has 1 unspecified atom stereocenters. The smallest absolute Gasteiger partial charge is 0.223 e. The van der Waals surface area contributed by atoms with Gasteiger partial charge in [-0.3, -0.25) is 4.79 Å². The molecular weight excluding hydrogens is 286 g/mol. The molecule has 0 saturated heterocycles. The summed E-state index contributed by atoms with van der Waals surface area (Å²) in [6, 6.07) is 6.68. The van der Waals surface area contributed by atoms with Gasteiger partial charge in [-0.25, -0.2) is 0 Å². The quantitative estimate of drug-likeness (QED) is 0.833. The molecule has 0 spiro atoms. The lowest BCUT2D eigenvalue weighted by molar-refractivity contribution is -0.125. The van der Waals surface area contributed by atoms with E-state index in [1.54, 1.807) is 0 Å². The van der Waals surface area contributed by atoms with Gasteiger partial charge in [0.05, 0.1) is 0 Å². The fourth-order valence-electron chi connectivity index (χ4n) is 3.81. The van der Waals surface area contributed by atoms with Gasteiger partial charge in [-0.2, -0.15) is 0 Å². The number of aromatic nitrogens is 1. The van der Waals surface area contributed by atoms with E-state index < -0.39 is 0 Å². The van der Waals surface area contributed by atoms with Gasteiger partial charge in [-0.05, 0) is 63.8 Å². The number of hydrogen-bond acceptors (Lipinski definition) is 2. The molecule has 23 heavy (non-hydrogen) atoms. The van der Waals surface area contributed by atoms with Gasteiger partial charge in [0.1, 0.15) is 0 Å². The summed E-state index contributed by atoms with van der Waals surface area (Å²) in [7, 11) is 0. The van der Waals surface area contributed by atoms with Crippen LogP contribution in [-0.2, 0) is 24.2 Å². The first-order valence-corrected chi connectivity index (χ1v) is 8.74. The Balaban J connectivity index is 1.89. The number of nitrogens with zero attached hydrogens (tertiary/aromatic N) is 1. The molecule has 1 aromatic carbocycles. The second-order valence-corrected chi connectivity index (χ2v) is 6.56. The summed E-state index contributed by atoms with van der Waals surface area (Å²) in [5.41, 5.74) is 10.9. The molecular formula is C19H27N3O. The summed E-state index contributed by atoms with van der Waals surface area (Å²) in [5.74, 6) is 0.283. The highest BCUT2D eigenvalue weighted by Gasteiger charge is 2.28. The molecule has 3 rings (SSSR count). The van der Waals surface area contributed by atoms with Gasteiger partial charge in [0, 0.05) is 35.6 Å². The van der Waals surface area contributed by atoms with Crippen LogP contribution in [0.2, 0.25) is 0 Å². The Bertz CT molecular complexity index is 717. The minimum absolute atomic E-state index is 0.0942. The number of rotatable bonds is 5. The first kappa shape index (κ1) is 16.1. The predicted molar refractivity (Wildman–Crippen MR) is 94.5 cm³/mol. The maximum atomic E-state index is 12.4. The maximum Gasteiger partial charge on any atom is 0.223 e. The number of carbonyl (C=O) groups is 1. The van der Waals surface area contributed by atoms with Gasteiger partial charge in [0.15, 0.2) is 0 Å². The summed E-state index contributed by atoms with van der Waals surface area (Å²) in [5, 5.41) is 4.37. The Morgan fingerprint density at radius 1 is 1.43 bits per heavy atom. The van der Waals surface area contributed by atoms with Gasteiger partial charge >= 0.3 is 0 Å². The standard InChI is InChI=1S/C19H27N3O/c1-3-22-17-7-5-13(2)11-15(17)16-12-14(6-8-18(16)22)19(23)21-10-4-9-20/h5,7,11,14H,3-4,6,8-10,12,20H2,1-2H3,(H,21,23). The van der Waals surface area contributed by atoms with Crippen LogP contribution in [0.5, 0.6) is 0 Å². The number of benzene rings is 1. The van der Waals surface area contributed by atoms with Crippen LogP contribution in [0.4, 0.5) is 0 Å². The number of aryl methyl sites for hydroxylation is 2. The van der Waals surface area contributed by atoms with E-state index >= 15 is 0 Å². The number of amides is 1. The lowest BCUT2D eigenvalue weighted by atomic mass is 9.85. The number of nitrogens with one attached hydrogen (secondary N) is 1. The van der Waals surface area contributed by atoms with Gasteiger partial charge < -0.3 is 15.6 Å². The molecule has 2 aromatic rings. The summed E-state index contributed by atoms with van der Waals surface area (Å²) < 4.78 is 2.42. The zero-order valence-corrected chi connectivity index (χ0v) is 14.2. The van der Waals surface area contributed by atoms with Crippen molar-refractivity contribution in [2.75, 3.05) is 13.1 Å². The summed E-state index contributed by atoms with van der Waals surface area (Å²) in [6.07, 6.45) is 3.64. The van der Waals surface area contributed by atoms with Gasteiger partial charge in [-0.1, -0.05) is 11.6 Å². The van der Waals surface area contributed by atoms with E-state index in [4.69, 9.17) is 5.73 Å². The zero-order chi connectivity index (χ0) is 16.4. The third-order valence-electron chi connectivity index (χ3n) is 4.99. The fraction of sp³-hybridized carbons (Fsp3) is 0.526. The van der Waals surface area contributed by atoms with Crippen LogP contribution in [0, 0.1) is 12.8 Å². The number of nitrogens with two attached hydrogens (primary N) is 1. The summed E-state index contributed by atoms with van der Waals surface area (Å²) >= 11 is 0. The second kappa shape index (κ2) is 6.75. The Labute approximate surface area is 138 Å². The molecule has 124 valence electrons. The molecule has 0 radical (unpaired) electrons. The molecule has 0 saturated carbocycles. The molecule has 3 N–H and O–H groups in total. The van der Waals surface area contributed by atoms with Crippen LogP contribution in [0.15, 0.2) is 18.2 Å². The molecule has 1 atom stereocenters. The van der Waals surface area contributed by atoms with Crippen molar-refractivity contribution in [2.45, 2.75) is 46.1 Å². The fourth-order valence-corrected chi connectivity index (χ4v) is 3.81. The van der Waals surface area contributed by atoms with E-state index in [1.165, 1.54) is 27.7 Å². The number of fused-ring (bicyclic) bond motifs is 3. The van der Waals surface area contributed by atoms with Gasteiger partial charge in [-0.15, -0.1) is 0 Å². The van der Waals surface area contributed by atoms with Crippen molar-refractivity contribution in [3.8, 4) is 0 Å². The molecule has 1 aliphatic carbocycles. The van der Waals surface area contributed by atoms with E-state index in [0.717, 1.165) is 32.2 Å². The van der Waals surface area contributed by atoms with E-state index in [2.05, 4.69) is 41.9 Å². The molecule has 4 heteroatoms. The van der Waals surface area contributed by atoms with Crippen LogP contribution >= 0.6 is 0 Å². The zero-order valence-electron chi connectivity index (χ0n) is 14.2. The Kier molecular flexibility index (Phi) is 4.71. The predicted octanol–water partition coefficient (Wildman–Crippen LogP) is 2.54. The van der Waals surface area contributed by atoms with E-state index in [-0.39, 0.29) is 11.8 Å². The van der Waals surface area contributed by atoms with Crippen LogP contribution in [0.1, 0.15) is 36.6 Å². The molecule has 4 nitrogen and oxygen atoms in total. The summed E-state index contributed by atoms with van der Waals surface area (Å²) in [4.78, 5) is 12.4. The Morgan fingerprint density at radius 2 is 2.26 bits per heavy atom. The van der Waals surface area contributed by atoms with Crippen LogP contribution in [0.3, 0.4) is 0 Å². The molecule has 1 aliphatic rings. The van der Waals surface area contributed by atoms with Crippen molar-refractivity contribution in [1.29, 1.82) is 0 Å². The highest BCUT2D eigenvalue weighted by molar-refractivity contribution is 5.88. The van der Waals surface area contributed by atoms with Crippen molar-refractivity contribution >= 4 is 16.8 Å². The second-order valence-electron chi connectivity index (χ2n) is 6.56. The first-order chi connectivity index (χ1) is 11.2. The van der Waals surface area contributed by atoms with E-state index in [0.29, 0.717) is 13.1 Å². The summed E-state index contributed by atoms with van der Waals surface area (Å²) in [6.45, 7) is 6.63. The average Bonchev–Trinajstić information content (AvgIpc) is 2.87. The van der Waals surface area contributed by atoms with E-state index in [9.17, 15) is 4.79 Å². The Morgan fingerprint density at radius 3 is 3.00 bits per heavy atom. The number of carbonyl (C=O) groups excluding carboxylic acids is 1. The van der Waals surface area contributed by atoms with Crippen LogP contribution in [-0.4, -0.2) is 23.6 Å². The first-order valence-electron chi connectivity index (χ1n) is 8.74. The van der Waals surface area contributed by atoms with E-state index in [1.807, 2.05) is 0 Å². The van der Waals surface area contributed by atoms with Gasteiger partial charge in [0.2, 0.25) is 5.91 Å². The van der Waals surface area contributed by atoms with Crippen LogP contribution in [0.25, 0.3) is 10.9 Å².